The summed E-state index contributed by atoms with van der Waals surface area (Å²) in [4.78, 5) is 37.1. The molecule has 0 fully saturated rings. The first-order chi connectivity index (χ1) is 28.6. The van der Waals surface area contributed by atoms with Crippen LogP contribution in [0, 0.1) is 6.92 Å². The van der Waals surface area contributed by atoms with Gasteiger partial charge >= 0.3 is 6.09 Å². The fraction of sp³-hybridized carbons (Fsp3) is 0.386. The number of rotatable bonds is 24. The molecular formula is C44H53N5O9S. The summed E-state index contributed by atoms with van der Waals surface area (Å²) in [5, 5.41) is 12.3. The second-order valence-corrected chi connectivity index (χ2v) is 15.6. The van der Waals surface area contributed by atoms with Crippen molar-refractivity contribution in [2.45, 2.75) is 56.4 Å². The predicted molar refractivity (Wildman–Crippen MR) is 224 cm³/mol. The van der Waals surface area contributed by atoms with Crippen molar-refractivity contribution in [1.29, 1.82) is 0 Å². The first kappa shape index (κ1) is 44.6. The Bertz CT molecular complexity index is 2080. The molecule has 5 rings (SSSR count). The maximum absolute atomic E-state index is 12.5. The molecule has 14 nitrogen and oxygen atoms in total. The van der Waals surface area contributed by atoms with E-state index in [4.69, 9.17) is 18.9 Å². The lowest BCUT2D eigenvalue weighted by molar-refractivity contribution is -0.124. The second-order valence-electron chi connectivity index (χ2n) is 14.0. The van der Waals surface area contributed by atoms with Crippen molar-refractivity contribution in [2.75, 3.05) is 64.7 Å². The minimum absolute atomic E-state index is 0.00411. The van der Waals surface area contributed by atoms with Crippen LogP contribution in [0.5, 0.6) is 0 Å². The molecule has 3 N–H and O–H groups in total. The Hall–Kier alpha value is -5.48. The number of carbonyl (C=O) groups excluding carboxylic acids is 3. The van der Waals surface area contributed by atoms with Crippen molar-refractivity contribution in [1.82, 2.24) is 10.6 Å². The van der Waals surface area contributed by atoms with Crippen molar-refractivity contribution in [3.8, 4) is 11.1 Å². The highest BCUT2D eigenvalue weighted by atomic mass is 32.2. The zero-order chi connectivity index (χ0) is 41.9. The summed E-state index contributed by atoms with van der Waals surface area (Å²) in [5.74, 6) is -0.544. The highest BCUT2D eigenvalue weighted by Crippen LogP contribution is 2.44. The molecule has 0 radical (unpaired) electrons. The highest BCUT2D eigenvalue weighted by molar-refractivity contribution is 7.90. The number of aryl methyl sites for hydroxylation is 1. The normalized spacial score (nSPS) is 12.8. The van der Waals surface area contributed by atoms with Crippen molar-refractivity contribution in [3.63, 3.8) is 0 Å². The first-order valence-corrected chi connectivity index (χ1v) is 21.3. The lowest BCUT2D eigenvalue weighted by Gasteiger charge is -2.14. The Morgan fingerprint density at radius 3 is 1.92 bits per heavy atom. The van der Waals surface area contributed by atoms with E-state index >= 15 is 0 Å². The third kappa shape index (κ3) is 14.4. The monoisotopic (exact) mass is 827 g/mol. The largest absolute Gasteiger partial charge is 0.449 e. The van der Waals surface area contributed by atoms with E-state index in [0.717, 1.165) is 5.56 Å². The van der Waals surface area contributed by atoms with E-state index in [1.54, 1.807) is 43.3 Å². The van der Waals surface area contributed by atoms with Gasteiger partial charge in [0.15, 0.2) is 0 Å². The molecule has 0 bridgehead atoms. The zero-order valence-corrected chi connectivity index (χ0v) is 34.4. The van der Waals surface area contributed by atoms with Crippen LogP contribution in [-0.4, -0.2) is 85.7 Å². The molecule has 0 saturated carbocycles. The number of amides is 3. The van der Waals surface area contributed by atoms with Crippen molar-refractivity contribution < 1.29 is 41.7 Å². The topological polar surface area (TPSA) is 183 Å². The number of alkyl carbamates (subject to hydrolysis) is 1. The van der Waals surface area contributed by atoms with Gasteiger partial charge in [-0.1, -0.05) is 82.9 Å². The quantitative estimate of drug-likeness (QED) is 0.0490. The molecule has 1 aliphatic carbocycles. The van der Waals surface area contributed by atoms with Crippen LogP contribution in [0.25, 0.3) is 11.1 Å². The Kier molecular flexibility index (Phi) is 17.5. The number of anilines is 1. The van der Waals surface area contributed by atoms with Gasteiger partial charge in [-0.05, 0) is 78.8 Å². The number of nitrogens with zero attached hydrogens (tertiary/aromatic N) is 2. The Morgan fingerprint density at radius 1 is 0.695 bits per heavy atom. The summed E-state index contributed by atoms with van der Waals surface area (Å²) < 4.78 is 50.9. The molecule has 1 atom stereocenters. The molecule has 0 aliphatic heterocycles. The SMILES string of the molecule is Cc1ccc(S(=O)(=O)N=NC(C)c2cccc(NC(=O)CCC(=O)NCCCOCCOCCOCCCNC(=O)OCC3c4ccccc4-c4ccccc43)c2)cc1. The molecule has 0 aromatic heterocycles. The number of benzene rings is 4. The van der Waals surface area contributed by atoms with Crippen LogP contribution in [0.1, 0.15) is 66.8 Å². The van der Waals surface area contributed by atoms with E-state index in [1.165, 1.54) is 34.4 Å². The van der Waals surface area contributed by atoms with E-state index in [1.807, 2.05) is 31.2 Å². The van der Waals surface area contributed by atoms with Gasteiger partial charge in [-0.3, -0.25) is 9.59 Å². The van der Waals surface area contributed by atoms with Crippen LogP contribution in [-0.2, 0) is 38.6 Å². The minimum atomic E-state index is -3.93. The number of carbonyl (C=O) groups is 3. The van der Waals surface area contributed by atoms with E-state index in [2.05, 4.69) is 49.8 Å². The van der Waals surface area contributed by atoms with Gasteiger partial charge in [-0.15, -0.1) is 0 Å². The van der Waals surface area contributed by atoms with Gasteiger partial charge in [-0.2, -0.15) is 13.5 Å². The Morgan fingerprint density at radius 2 is 1.27 bits per heavy atom. The number of sulfonamides is 1. The summed E-state index contributed by atoms with van der Waals surface area (Å²) in [5.41, 5.74) is 6.83. The third-order valence-corrected chi connectivity index (χ3v) is 10.7. The molecule has 4 aromatic carbocycles. The van der Waals surface area contributed by atoms with E-state index in [9.17, 15) is 22.8 Å². The van der Waals surface area contributed by atoms with Gasteiger partial charge in [0.05, 0.1) is 37.4 Å². The summed E-state index contributed by atoms with van der Waals surface area (Å²) >= 11 is 0. The smallest absolute Gasteiger partial charge is 0.407 e. The molecule has 0 spiro atoms. The molecule has 59 heavy (non-hydrogen) atoms. The number of fused-ring (bicyclic) bond motifs is 3. The predicted octanol–water partition coefficient (Wildman–Crippen LogP) is 7.10. The maximum Gasteiger partial charge on any atom is 0.407 e. The molecule has 1 aliphatic rings. The number of hydrogen-bond donors (Lipinski definition) is 3. The van der Waals surface area contributed by atoms with Crippen LogP contribution in [0.3, 0.4) is 0 Å². The molecule has 15 heteroatoms. The van der Waals surface area contributed by atoms with Gasteiger partial charge in [0.2, 0.25) is 11.8 Å². The van der Waals surface area contributed by atoms with Crippen LogP contribution < -0.4 is 16.0 Å². The average molecular weight is 828 g/mol. The molecule has 0 saturated heterocycles. The van der Waals surface area contributed by atoms with Crippen molar-refractivity contribution >= 4 is 33.6 Å². The van der Waals surface area contributed by atoms with E-state index in [-0.39, 0.29) is 42.1 Å². The standard InChI is InChI=1S/C44H53N5O9S/c1-32-16-18-36(19-17-32)59(53,54)49-48-33(2)34-10-7-11-35(30-34)47-43(51)21-20-42(50)45-22-8-24-55-26-28-57-29-27-56-25-9-23-46-44(52)58-31-41-39-14-5-3-12-37(39)38-13-4-6-15-40(38)41/h3-7,10-19,30,33,41H,8-9,20-29,31H2,1-2H3,(H,45,50)(H,46,52)(H,47,51). The van der Waals surface area contributed by atoms with Crippen LogP contribution in [0.15, 0.2) is 112 Å². The molecule has 1 unspecified atom stereocenters. The Balaban J connectivity index is 0.815. The summed E-state index contributed by atoms with van der Waals surface area (Å²) in [6.07, 6.45) is 0.839. The van der Waals surface area contributed by atoms with Gasteiger partial charge in [0.1, 0.15) is 6.61 Å². The number of ether oxygens (including phenoxy) is 4. The maximum atomic E-state index is 12.5. The summed E-state index contributed by atoms with van der Waals surface area (Å²) in [6, 6.07) is 29.1. The molecular weight excluding hydrogens is 775 g/mol. The molecule has 3 amide bonds. The minimum Gasteiger partial charge on any atom is -0.449 e. The molecule has 314 valence electrons. The van der Waals surface area contributed by atoms with Crippen LogP contribution >= 0.6 is 0 Å². The number of hydrogen-bond acceptors (Lipinski definition) is 10. The fourth-order valence-corrected chi connectivity index (χ4v) is 7.17. The van der Waals surface area contributed by atoms with Gasteiger partial charge in [0.25, 0.3) is 10.0 Å². The lowest BCUT2D eigenvalue weighted by atomic mass is 9.98. The van der Waals surface area contributed by atoms with Gasteiger partial charge in [0, 0.05) is 50.8 Å². The highest BCUT2D eigenvalue weighted by Gasteiger charge is 2.29. The van der Waals surface area contributed by atoms with Gasteiger partial charge in [-0.25, -0.2) is 4.79 Å². The second kappa shape index (κ2) is 23.2. The lowest BCUT2D eigenvalue weighted by Crippen LogP contribution is -2.27. The van der Waals surface area contributed by atoms with Crippen LogP contribution in [0.4, 0.5) is 10.5 Å². The van der Waals surface area contributed by atoms with Crippen LogP contribution in [0.2, 0.25) is 0 Å². The molecule has 0 heterocycles. The molecule has 4 aromatic rings. The average Bonchev–Trinajstić information content (AvgIpc) is 3.56. The van der Waals surface area contributed by atoms with E-state index in [0.29, 0.717) is 76.8 Å². The fourth-order valence-electron chi connectivity index (χ4n) is 6.33. The summed E-state index contributed by atoms with van der Waals surface area (Å²) in [6.45, 7) is 7.31. The Labute approximate surface area is 346 Å². The van der Waals surface area contributed by atoms with Gasteiger partial charge < -0.3 is 34.9 Å². The van der Waals surface area contributed by atoms with Crippen molar-refractivity contribution in [2.24, 2.45) is 9.63 Å². The zero-order valence-electron chi connectivity index (χ0n) is 33.6. The third-order valence-electron chi connectivity index (χ3n) is 9.49. The summed E-state index contributed by atoms with van der Waals surface area (Å²) in [7, 11) is -3.93. The van der Waals surface area contributed by atoms with Crippen molar-refractivity contribution in [3.05, 3.63) is 119 Å². The number of nitrogens with one attached hydrogen (secondary N) is 3. The first-order valence-electron chi connectivity index (χ1n) is 19.8. The van der Waals surface area contributed by atoms with E-state index < -0.39 is 22.2 Å².